The second-order valence-electron chi connectivity index (χ2n) is 5.74. The predicted octanol–water partition coefficient (Wildman–Crippen LogP) is 3.46. The average Bonchev–Trinajstić information content (AvgIpc) is 3.13. The van der Waals surface area contributed by atoms with Gasteiger partial charge in [-0.1, -0.05) is 26.0 Å². The summed E-state index contributed by atoms with van der Waals surface area (Å²) < 4.78 is 7.09. The monoisotopic (exact) mass is 329 g/mol. The number of thiazole rings is 1. The molecule has 3 rings (SSSR count). The fourth-order valence-electron chi connectivity index (χ4n) is 2.26. The van der Waals surface area contributed by atoms with Crippen LogP contribution in [0.25, 0.3) is 16.2 Å². The average molecular weight is 329 g/mol. The fourth-order valence-corrected chi connectivity index (χ4v) is 3.11. The summed E-state index contributed by atoms with van der Waals surface area (Å²) in [6.45, 7) is 4.80. The molecule has 0 aliphatic carbocycles. The molecule has 0 fully saturated rings. The molecule has 0 unspecified atom stereocenters. The Hall–Kier alpha value is -2.34. The van der Waals surface area contributed by atoms with E-state index in [1.807, 2.05) is 40.2 Å². The molecule has 0 bridgehead atoms. The summed E-state index contributed by atoms with van der Waals surface area (Å²) >= 11 is 1.46. The van der Waals surface area contributed by atoms with E-state index in [-0.39, 0.29) is 5.91 Å². The number of rotatable bonds is 5. The molecule has 23 heavy (non-hydrogen) atoms. The zero-order chi connectivity index (χ0) is 16.4. The summed E-state index contributed by atoms with van der Waals surface area (Å²) in [5, 5.41) is 4.78. The maximum absolute atomic E-state index is 12.3. The highest BCUT2D eigenvalue weighted by Crippen LogP contribution is 2.26. The number of carbonyl (C=O) groups is 1. The maximum atomic E-state index is 12.3. The number of nitrogens with zero attached hydrogens (tertiary/aromatic N) is 2. The molecule has 0 saturated heterocycles. The van der Waals surface area contributed by atoms with Crippen LogP contribution < -0.4 is 10.1 Å². The summed E-state index contributed by atoms with van der Waals surface area (Å²) in [6.07, 6.45) is 1.89. The molecule has 6 heteroatoms. The third-order valence-corrected chi connectivity index (χ3v) is 4.32. The van der Waals surface area contributed by atoms with E-state index in [9.17, 15) is 4.79 Å². The Kier molecular flexibility index (Phi) is 4.34. The molecule has 2 heterocycles. The first kappa shape index (κ1) is 15.6. The number of fused-ring (bicyclic) bond motifs is 1. The van der Waals surface area contributed by atoms with Gasteiger partial charge >= 0.3 is 0 Å². The lowest BCUT2D eigenvalue weighted by Gasteiger charge is -2.06. The molecule has 0 spiro atoms. The highest BCUT2D eigenvalue weighted by Gasteiger charge is 2.15. The van der Waals surface area contributed by atoms with Crippen LogP contribution in [0, 0.1) is 5.92 Å². The number of imidazole rings is 1. The van der Waals surface area contributed by atoms with Crippen LogP contribution in [0.15, 0.2) is 35.8 Å². The van der Waals surface area contributed by atoms with Gasteiger partial charge in [0, 0.05) is 23.7 Å². The van der Waals surface area contributed by atoms with E-state index in [1.54, 1.807) is 7.11 Å². The summed E-state index contributed by atoms with van der Waals surface area (Å²) in [4.78, 5) is 17.7. The summed E-state index contributed by atoms with van der Waals surface area (Å²) in [5.41, 5.74) is 2.41. The van der Waals surface area contributed by atoms with Gasteiger partial charge in [0.2, 0.25) is 0 Å². The molecule has 0 aliphatic heterocycles. The van der Waals surface area contributed by atoms with E-state index < -0.39 is 0 Å². The SMILES string of the molecule is COc1cccc(-c2cn3c(C(=O)NCC(C)C)csc3n2)c1. The molecule has 1 aromatic carbocycles. The summed E-state index contributed by atoms with van der Waals surface area (Å²) in [7, 11) is 1.64. The van der Waals surface area contributed by atoms with E-state index in [0.29, 0.717) is 18.2 Å². The van der Waals surface area contributed by atoms with E-state index in [2.05, 4.69) is 24.1 Å². The Bertz CT molecular complexity index is 835. The molecule has 0 radical (unpaired) electrons. The second-order valence-corrected chi connectivity index (χ2v) is 6.57. The molecular weight excluding hydrogens is 310 g/mol. The predicted molar refractivity (Wildman–Crippen MR) is 92.2 cm³/mol. The highest BCUT2D eigenvalue weighted by atomic mass is 32.1. The van der Waals surface area contributed by atoms with Crippen molar-refractivity contribution in [2.24, 2.45) is 5.92 Å². The Morgan fingerprint density at radius 1 is 1.43 bits per heavy atom. The first-order valence-electron chi connectivity index (χ1n) is 7.47. The Balaban J connectivity index is 1.92. The third kappa shape index (κ3) is 3.22. The van der Waals surface area contributed by atoms with Crippen LogP contribution in [0.1, 0.15) is 24.3 Å². The number of carbonyl (C=O) groups excluding carboxylic acids is 1. The van der Waals surface area contributed by atoms with E-state index >= 15 is 0 Å². The van der Waals surface area contributed by atoms with Gasteiger partial charge in [0.15, 0.2) is 4.96 Å². The van der Waals surface area contributed by atoms with Crippen LogP contribution in [0.2, 0.25) is 0 Å². The smallest absolute Gasteiger partial charge is 0.269 e. The highest BCUT2D eigenvalue weighted by molar-refractivity contribution is 7.15. The fraction of sp³-hybridized carbons (Fsp3) is 0.294. The number of ether oxygens (including phenoxy) is 1. The largest absolute Gasteiger partial charge is 0.497 e. The molecular formula is C17H19N3O2S. The number of nitrogens with one attached hydrogen (secondary N) is 1. The second kappa shape index (κ2) is 6.42. The minimum atomic E-state index is -0.0699. The molecule has 5 nitrogen and oxygen atoms in total. The number of benzene rings is 1. The van der Waals surface area contributed by atoms with E-state index in [4.69, 9.17) is 4.74 Å². The van der Waals surface area contributed by atoms with Gasteiger partial charge in [-0.05, 0) is 18.1 Å². The first-order chi connectivity index (χ1) is 11.1. The number of aromatic nitrogens is 2. The lowest BCUT2D eigenvalue weighted by Crippen LogP contribution is -2.28. The van der Waals surface area contributed by atoms with E-state index in [0.717, 1.165) is 22.0 Å². The van der Waals surface area contributed by atoms with Gasteiger partial charge < -0.3 is 10.1 Å². The first-order valence-corrected chi connectivity index (χ1v) is 8.35. The molecule has 120 valence electrons. The molecule has 2 aromatic heterocycles. The van der Waals surface area contributed by atoms with Crippen molar-refractivity contribution in [2.75, 3.05) is 13.7 Å². The van der Waals surface area contributed by atoms with Crippen molar-refractivity contribution in [3.63, 3.8) is 0 Å². The van der Waals surface area contributed by atoms with Crippen molar-refractivity contribution >= 4 is 22.2 Å². The Labute approximate surface area is 138 Å². The molecule has 1 N–H and O–H groups in total. The maximum Gasteiger partial charge on any atom is 0.269 e. The molecule has 0 saturated carbocycles. The molecule has 0 atom stereocenters. The lowest BCUT2D eigenvalue weighted by molar-refractivity contribution is 0.0943. The summed E-state index contributed by atoms with van der Waals surface area (Å²) in [5.74, 6) is 1.14. The van der Waals surface area contributed by atoms with Gasteiger partial charge in [-0.3, -0.25) is 9.20 Å². The van der Waals surface area contributed by atoms with Crippen molar-refractivity contribution in [3.8, 4) is 17.0 Å². The van der Waals surface area contributed by atoms with Crippen molar-refractivity contribution < 1.29 is 9.53 Å². The molecule has 3 aromatic rings. The van der Waals surface area contributed by atoms with Gasteiger partial charge in [-0.25, -0.2) is 4.98 Å². The van der Waals surface area contributed by atoms with Crippen molar-refractivity contribution in [1.29, 1.82) is 0 Å². The number of methoxy groups -OCH3 is 1. The van der Waals surface area contributed by atoms with Gasteiger partial charge in [0.1, 0.15) is 11.4 Å². The van der Waals surface area contributed by atoms with Gasteiger partial charge in [0.05, 0.1) is 12.8 Å². The third-order valence-electron chi connectivity index (χ3n) is 3.48. The molecule has 1 amide bonds. The lowest BCUT2D eigenvalue weighted by atomic mass is 10.1. The van der Waals surface area contributed by atoms with Gasteiger partial charge in [-0.15, -0.1) is 11.3 Å². The Morgan fingerprint density at radius 3 is 3.00 bits per heavy atom. The number of amides is 1. The normalized spacial score (nSPS) is 11.1. The molecule has 0 aliphatic rings. The Morgan fingerprint density at radius 2 is 2.26 bits per heavy atom. The number of hydrogen-bond acceptors (Lipinski definition) is 4. The van der Waals surface area contributed by atoms with E-state index in [1.165, 1.54) is 11.3 Å². The summed E-state index contributed by atoms with van der Waals surface area (Å²) in [6, 6.07) is 7.74. The standard InChI is InChI=1S/C17H19N3O2S/c1-11(2)8-18-16(21)15-10-23-17-19-14(9-20(15)17)12-5-4-6-13(7-12)22-3/h4-7,9-11H,8H2,1-3H3,(H,18,21). The zero-order valence-electron chi connectivity index (χ0n) is 13.4. The van der Waals surface area contributed by atoms with Crippen LogP contribution >= 0.6 is 11.3 Å². The van der Waals surface area contributed by atoms with Crippen LogP contribution in [-0.2, 0) is 0 Å². The van der Waals surface area contributed by atoms with Crippen LogP contribution in [0.5, 0.6) is 5.75 Å². The van der Waals surface area contributed by atoms with Crippen LogP contribution in [0.3, 0.4) is 0 Å². The van der Waals surface area contributed by atoms with Crippen molar-refractivity contribution in [2.45, 2.75) is 13.8 Å². The van der Waals surface area contributed by atoms with Gasteiger partial charge in [-0.2, -0.15) is 0 Å². The number of hydrogen-bond donors (Lipinski definition) is 1. The van der Waals surface area contributed by atoms with Crippen molar-refractivity contribution in [1.82, 2.24) is 14.7 Å². The topological polar surface area (TPSA) is 55.6 Å². The quantitative estimate of drug-likeness (QED) is 0.780. The van der Waals surface area contributed by atoms with Crippen molar-refractivity contribution in [3.05, 3.63) is 41.5 Å². The van der Waals surface area contributed by atoms with Gasteiger partial charge in [0.25, 0.3) is 5.91 Å². The zero-order valence-corrected chi connectivity index (χ0v) is 14.2. The van der Waals surface area contributed by atoms with Crippen LogP contribution in [0.4, 0.5) is 0 Å². The minimum absolute atomic E-state index is 0.0699. The minimum Gasteiger partial charge on any atom is -0.497 e. The van der Waals surface area contributed by atoms with Crippen LogP contribution in [-0.4, -0.2) is 28.9 Å².